The van der Waals surface area contributed by atoms with Gasteiger partial charge in [-0.15, -0.1) is 0 Å². The van der Waals surface area contributed by atoms with Gasteiger partial charge in [-0.1, -0.05) is 36.4 Å². The monoisotopic (exact) mass is 638 g/mol. The fourth-order valence-electron chi connectivity index (χ4n) is 8.37. The topological polar surface area (TPSA) is 134 Å². The van der Waals surface area contributed by atoms with Crippen LogP contribution < -0.4 is 24.3 Å². The number of amides is 1. The van der Waals surface area contributed by atoms with Crippen LogP contribution in [0.5, 0.6) is 28.7 Å². The number of likely N-dealkylation sites (N-methyl/N-ethyl adjacent to an activating group) is 1. The Balaban J connectivity index is 1.41. The van der Waals surface area contributed by atoms with E-state index in [1.165, 1.54) is 6.92 Å². The first kappa shape index (κ1) is 30.8. The van der Waals surface area contributed by atoms with Gasteiger partial charge in [0.05, 0.1) is 31.7 Å². The average molecular weight is 639 g/mol. The molecule has 0 aromatic heterocycles. The first-order chi connectivity index (χ1) is 22.6. The quantitative estimate of drug-likeness (QED) is 0.303. The van der Waals surface area contributed by atoms with E-state index in [2.05, 4.69) is 27.3 Å². The van der Waals surface area contributed by atoms with Crippen molar-refractivity contribution in [3.05, 3.63) is 75.3 Å². The molecule has 0 radical (unpaired) electrons. The molecule has 1 amide bonds. The molecule has 1 saturated heterocycles. The molecule has 0 saturated carbocycles. The molecule has 5 atom stereocenters. The van der Waals surface area contributed by atoms with Crippen LogP contribution in [0.1, 0.15) is 58.0 Å². The molecule has 4 aliphatic heterocycles. The van der Waals surface area contributed by atoms with Crippen molar-refractivity contribution in [2.24, 2.45) is 0 Å². The van der Waals surface area contributed by atoms with Crippen LogP contribution in [-0.4, -0.2) is 72.4 Å². The molecule has 47 heavy (non-hydrogen) atoms. The van der Waals surface area contributed by atoms with Gasteiger partial charge in [-0.2, -0.15) is 5.26 Å². The SMILES string of the molecule is COc1c(C)cc2c(c1O)[C@@H]1C3Cc4c(OC(C)=O)c(C)c5c(c4[C@H](CNC(=O)Cc4ccccc4)N3[C@@H](C#N)[C@@H](C2)N1C)OCO5. The van der Waals surface area contributed by atoms with E-state index < -0.39 is 18.1 Å². The number of hydrogen-bond acceptors (Lipinski definition) is 10. The number of nitrogens with zero attached hydrogens (tertiary/aromatic N) is 3. The number of aryl methyl sites for hydroxylation is 1. The summed E-state index contributed by atoms with van der Waals surface area (Å²) in [5.41, 5.74) is 5.61. The summed E-state index contributed by atoms with van der Waals surface area (Å²) in [4.78, 5) is 30.2. The smallest absolute Gasteiger partial charge is 0.308 e. The van der Waals surface area contributed by atoms with E-state index in [9.17, 15) is 20.0 Å². The normalized spacial score (nSPS) is 24.0. The van der Waals surface area contributed by atoms with Gasteiger partial charge in [-0.25, -0.2) is 0 Å². The second-order valence-corrected chi connectivity index (χ2v) is 12.8. The van der Waals surface area contributed by atoms with Crippen molar-refractivity contribution >= 4 is 11.9 Å². The number of hydrogen-bond donors (Lipinski definition) is 2. The number of carbonyl (C=O) groups is 2. The minimum Gasteiger partial charge on any atom is -0.504 e. The number of phenolic OH excluding ortho intramolecular Hbond substituents is 1. The summed E-state index contributed by atoms with van der Waals surface area (Å²) in [6.45, 7) is 5.28. The highest BCUT2D eigenvalue weighted by Crippen LogP contribution is 2.58. The van der Waals surface area contributed by atoms with Crippen LogP contribution >= 0.6 is 0 Å². The van der Waals surface area contributed by atoms with Gasteiger partial charge in [0.15, 0.2) is 23.0 Å². The highest BCUT2D eigenvalue weighted by atomic mass is 16.7. The number of carbonyl (C=O) groups excluding carboxylic acids is 2. The van der Waals surface area contributed by atoms with Crippen molar-refractivity contribution in [3.8, 4) is 34.8 Å². The second kappa shape index (κ2) is 11.8. The van der Waals surface area contributed by atoms with Gasteiger partial charge in [-0.05, 0) is 50.4 Å². The number of fused-ring (bicyclic) bond motifs is 9. The maximum absolute atomic E-state index is 13.4. The summed E-state index contributed by atoms with van der Waals surface area (Å²) in [6.07, 6.45) is 1.13. The molecule has 3 aromatic carbocycles. The Kier molecular flexibility index (Phi) is 7.73. The molecule has 0 aliphatic carbocycles. The largest absolute Gasteiger partial charge is 0.504 e. The summed E-state index contributed by atoms with van der Waals surface area (Å²) in [5.74, 6) is 1.31. The van der Waals surface area contributed by atoms with Crippen LogP contribution in [0.4, 0.5) is 0 Å². The summed E-state index contributed by atoms with van der Waals surface area (Å²) in [5, 5.41) is 25.7. The lowest BCUT2D eigenvalue weighted by atomic mass is 9.71. The second-order valence-electron chi connectivity index (χ2n) is 12.8. The number of nitrogens with one attached hydrogen (secondary N) is 1. The Hall–Kier alpha value is -4.79. The molecule has 3 aromatic rings. The minimum absolute atomic E-state index is 0.00128. The fraction of sp³-hybridized carbons (Fsp3) is 0.417. The molecule has 1 unspecified atom stereocenters. The minimum atomic E-state index is -0.570. The van der Waals surface area contributed by atoms with Gasteiger partial charge < -0.3 is 29.4 Å². The van der Waals surface area contributed by atoms with Crippen LogP contribution in [0, 0.1) is 25.2 Å². The molecule has 244 valence electrons. The zero-order valence-electron chi connectivity index (χ0n) is 27.1. The van der Waals surface area contributed by atoms with Crippen molar-refractivity contribution in [2.75, 3.05) is 27.5 Å². The summed E-state index contributed by atoms with van der Waals surface area (Å²) < 4.78 is 23.6. The molecule has 0 spiro atoms. The highest BCUT2D eigenvalue weighted by molar-refractivity contribution is 5.79. The number of aromatic hydroxyl groups is 1. The number of piperazine rings is 1. The Bertz CT molecular complexity index is 1820. The van der Waals surface area contributed by atoms with Gasteiger partial charge >= 0.3 is 5.97 Å². The zero-order chi connectivity index (χ0) is 33.1. The lowest BCUT2D eigenvalue weighted by molar-refractivity contribution is -0.132. The van der Waals surface area contributed by atoms with Crippen molar-refractivity contribution in [3.63, 3.8) is 0 Å². The molecule has 1 fully saturated rings. The third kappa shape index (κ3) is 4.86. The lowest BCUT2D eigenvalue weighted by Gasteiger charge is -2.60. The number of benzene rings is 3. The van der Waals surface area contributed by atoms with Crippen LogP contribution in [0.15, 0.2) is 36.4 Å². The van der Waals surface area contributed by atoms with Crippen molar-refractivity contribution < 1.29 is 33.6 Å². The molecule has 4 aliphatic rings. The highest BCUT2D eigenvalue weighted by Gasteiger charge is 2.56. The summed E-state index contributed by atoms with van der Waals surface area (Å²) >= 11 is 0. The van der Waals surface area contributed by atoms with Gasteiger partial charge in [0.25, 0.3) is 0 Å². The Morgan fingerprint density at radius 2 is 1.83 bits per heavy atom. The lowest BCUT2D eigenvalue weighted by Crippen LogP contribution is -2.68. The molecular weight excluding hydrogens is 600 g/mol. The van der Waals surface area contributed by atoms with Crippen molar-refractivity contribution in [1.82, 2.24) is 15.1 Å². The van der Waals surface area contributed by atoms with Crippen LogP contribution in [-0.2, 0) is 28.9 Å². The van der Waals surface area contributed by atoms with E-state index in [-0.39, 0.29) is 49.5 Å². The first-order valence-electron chi connectivity index (χ1n) is 15.9. The molecule has 11 nitrogen and oxygen atoms in total. The summed E-state index contributed by atoms with van der Waals surface area (Å²) in [7, 11) is 3.54. The molecular formula is C36H38N4O7. The average Bonchev–Trinajstić information content (AvgIpc) is 3.53. The molecule has 11 heteroatoms. The number of rotatable bonds is 6. The number of nitriles is 1. The van der Waals surface area contributed by atoms with Crippen LogP contribution in [0.3, 0.4) is 0 Å². The van der Waals surface area contributed by atoms with Crippen molar-refractivity contribution in [2.45, 2.75) is 70.2 Å². The van der Waals surface area contributed by atoms with E-state index in [0.29, 0.717) is 41.4 Å². The fourth-order valence-corrected chi connectivity index (χ4v) is 8.37. The first-order valence-corrected chi connectivity index (χ1v) is 15.9. The zero-order valence-corrected chi connectivity index (χ0v) is 27.1. The molecule has 7 rings (SSSR count). The maximum Gasteiger partial charge on any atom is 0.308 e. The van der Waals surface area contributed by atoms with Gasteiger partial charge in [0, 0.05) is 47.8 Å². The van der Waals surface area contributed by atoms with Crippen molar-refractivity contribution in [1.29, 1.82) is 5.26 Å². The van der Waals surface area contributed by atoms with E-state index in [0.717, 1.165) is 33.4 Å². The van der Waals surface area contributed by atoms with E-state index >= 15 is 0 Å². The predicted molar refractivity (Wildman–Crippen MR) is 171 cm³/mol. The third-order valence-electron chi connectivity index (χ3n) is 10.2. The molecule has 2 bridgehead atoms. The Morgan fingerprint density at radius 1 is 1.09 bits per heavy atom. The maximum atomic E-state index is 13.4. The van der Waals surface area contributed by atoms with E-state index in [4.69, 9.17) is 18.9 Å². The third-order valence-corrected chi connectivity index (χ3v) is 10.2. The van der Waals surface area contributed by atoms with Crippen LogP contribution in [0.25, 0.3) is 0 Å². The van der Waals surface area contributed by atoms with Crippen LogP contribution in [0.2, 0.25) is 0 Å². The number of phenols is 1. The van der Waals surface area contributed by atoms with Gasteiger partial charge in [-0.3, -0.25) is 19.4 Å². The Morgan fingerprint density at radius 3 is 2.53 bits per heavy atom. The van der Waals surface area contributed by atoms with Gasteiger partial charge in [0.1, 0.15) is 11.8 Å². The number of methoxy groups -OCH3 is 1. The van der Waals surface area contributed by atoms with E-state index in [1.807, 2.05) is 51.2 Å². The molecule has 2 N–H and O–H groups in total. The Labute approximate surface area is 273 Å². The summed E-state index contributed by atoms with van der Waals surface area (Å²) in [6, 6.07) is 12.2. The standard InChI is InChI=1S/C36H38N4O7/c1-18-11-22-13-24-26(15-37)40-25(31(39(24)4)29(22)32(43)33(18)44-5)14-23-30(27(40)16-38-28(42)12-21-9-7-6-8-10-21)36-35(45-17-46-36)19(2)34(23)47-20(3)41/h6-11,24-27,31,43H,12-14,16-17H2,1-5H3,(H,38,42)/t24-,25?,26+,27+,31+/m1/s1. The number of ether oxygens (including phenoxy) is 4. The number of esters is 1. The van der Waals surface area contributed by atoms with Gasteiger partial charge in [0.2, 0.25) is 12.7 Å². The predicted octanol–water partition coefficient (Wildman–Crippen LogP) is 3.80. The van der Waals surface area contributed by atoms with E-state index in [1.54, 1.807) is 7.11 Å². The molecule has 4 heterocycles.